The summed E-state index contributed by atoms with van der Waals surface area (Å²) in [6.45, 7) is 8.37. The number of halogens is 2. The summed E-state index contributed by atoms with van der Waals surface area (Å²) in [4.78, 5) is 6.92. The third-order valence-electron chi connectivity index (χ3n) is 4.13. The van der Waals surface area contributed by atoms with Crippen LogP contribution >= 0.6 is 23.2 Å². The first-order chi connectivity index (χ1) is 10.5. The van der Waals surface area contributed by atoms with Crippen molar-refractivity contribution < 1.29 is 0 Å². The van der Waals surface area contributed by atoms with Crippen LogP contribution in [0.25, 0.3) is 0 Å². The Kier molecular flexibility index (Phi) is 6.36. The van der Waals surface area contributed by atoms with E-state index in [9.17, 15) is 0 Å². The molecule has 2 unspecified atom stereocenters. The lowest BCUT2D eigenvalue weighted by Gasteiger charge is -2.17. The Hall–Kier alpha value is -0.970. The molecule has 122 valence electrons. The first kappa shape index (κ1) is 17.4. The van der Waals surface area contributed by atoms with Gasteiger partial charge in [0.1, 0.15) is 0 Å². The van der Waals surface area contributed by atoms with E-state index in [0.717, 1.165) is 25.2 Å². The van der Waals surface area contributed by atoms with Crippen molar-refractivity contribution in [1.29, 1.82) is 0 Å². The molecule has 1 saturated heterocycles. The van der Waals surface area contributed by atoms with E-state index in [2.05, 4.69) is 22.1 Å². The first-order valence-corrected chi connectivity index (χ1v) is 8.49. The summed E-state index contributed by atoms with van der Waals surface area (Å²) in [5, 5.41) is 4.46. The van der Waals surface area contributed by atoms with Gasteiger partial charge in [0.15, 0.2) is 5.96 Å². The predicted octanol–water partition coefficient (Wildman–Crippen LogP) is 3.30. The lowest BCUT2D eigenvalue weighted by atomic mass is 10.1. The maximum Gasteiger partial charge on any atom is 0.189 e. The molecule has 22 heavy (non-hydrogen) atoms. The molecule has 0 saturated carbocycles. The second kappa shape index (κ2) is 8.04. The summed E-state index contributed by atoms with van der Waals surface area (Å²) < 4.78 is 0. The third-order valence-corrected chi connectivity index (χ3v) is 4.69. The molecule has 2 rings (SSSR count). The largest absolute Gasteiger partial charge is 0.370 e. The molecule has 3 N–H and O–H groups in total. The van der Waals surface area contributed by atoms with Gasteiger partial charge in [-0.2, -0.15) is 0 Å². The van der Waals surface area contributed by atoms with Gasteiger partial charge in [-0.3, -0.25) is 4.99 Å². The molecule has 6 heteroatoms. The number of nitrogens with one attached hydrogen (secondary N) is 1. The molecule has 1 aliphatic heterocycles. The Balaban J connectivity index is 1.88. The van der Waals surface area contributed by atoms with E-state index < -0.39 is 0 Å². The number of guanidine groups is 1. The summed E-state index contributed by atoms with van der Waals surface area (Å²) in [6, 6.07) is 5.46. The number of hydrogen-bond acceptors (Lipinski definition) is 2. The highest BCUT2D eigenvalue weighted by Gasteiger charge is 2.20. The zero-order chi connectivity index (χ0) is 16.1. The van der Waals surface area contributed by atoms with Crippen molar-refractivity contribution in [1.82, 2.24) is 10.2 Å². The third kappa shape index (κ3) is 4.77. The Bertz CT molecular complexity index is 533. The van der Waals surface area contributed by atoms with Crippen molar-refractivity contribution >= 4 is 29.2 Å². The Morgan fingerprint density at radius 2 is 2.27 bits per heavy atom. The van der Waals surface area contributed by atoms with Gasteiger partial charge in [-0.1, -0.05) is 36.2 Å². The molecule has 0 aliphatic carbocycles. The second-order valence-corrected chi connectivity index (χ2v) is 6.65. The van der Waals surface area contributed by atoms with Crippen molar-refractivity contribution in [2.75, 3.05) is 26.2 Å². The van der Waals surface area contributed by atoms with Gasteiger partial charge in [0, 0.05) is 23.1 Å². The fraction of sp³-hybridized carbons (Fsp3) is 0.562. The van der Waals surface area contributed by atoms with Crippen molar-refractivity contribution in [2.45, 2.75) is 26.3 Å². The number of nitrogens with two attached hydrogens (primary N) is 1. The first-order valence-electron chi connectivity index (χ1n) is 7.73. The molecular formula is C16H24Cl2N4. The molecule has 0 bridgehead atoms. The lowest BCUT2D eigenvalue weighted by molar-refractivity contribution is 0.343. The summed E-state index contributed by atoms with van der Waals surface area (Å²) in [5.74, 6) is 1.07. The van der Waals surface area contributed by atoms with Crippen LogP contribution in [0.2, 0.25) is 10.0 Å². The van der Waals surface area contributed by atoms with Crippen molar-refractivity contribution in [3.05, 3.63) is 33.8 Å². The van der Waals surface area contributed by atoms with Crippen LogP contribution in [0.1, 0.15) is 31.9 Å². The fourth-order valence-electron chi connectivity index (χ4n) is 2.77. The Labute approximate surface area is 142 Å². The molecular weight excluding hydrogens is 319 g/mol. The van der Waals surface area contributed by atoms with E-state index in [-0.39, 0.29) is 6.04 Å². The van der Waals surface area contributed by atoms with E-state index >= 15 is 0 Å². The van der Waals surface area contributed by atoms with Gasteiger partial charge in [0.2, 0.25) is 0 Å². The minimum atomic E-state index is -0.00997. The fourth-order valence-corrected chi connectivity index (χ4v) is 3.35. The number of nitrogens with zero attached hydrogens (tertiary/aromatic N) is 2. The molecule has 2 atom stereocenters. The summed E-state index contributed by atoms with van der Waals surface area (Å²) >= 11 is 12.1. The molecule has 1 aliphatic rings. The van der Waals surface area contributed by atoms with Gasteiger partial charge in [0.25, 0.3) is 0 Å². The number of benzene rings is 1. The maximum atomic E-state index is 6.21. The quantitative estimate of drug-likeness (QED) is 0.637. The zero-order valence-corrected chi connectivity index (χ0v) is 14.7. The molecule has 4 nitrogen and oxygen atoms in total. The molecule has 1 fully saturated rings. The predicted molar refractivity (Wildman–Crippen MR) is 94.7 cm³/mol. The standard InChI is InChI=1S/C16H24Cl2N4/c1-3-22-7-6-12(10-22)9-20-16(19)21-11(2)14-5-4-13(17)8-15(14)18/h4-5,8,11-12H,3,6-7,9-10H2,1-2H3,(H3,19,20,21). The normalized spacial score (nSPS) is 21.1. The molecule has 1 heterocycles. The van der Waals surface area contributed by atoms with Crippen LogP contribution in [0, 0.1) is 5.92 Å². The van der Waals surface area contributed by atoms with Crippen LogP contribution in [0.3, 0.4) is 0 Å². The monoisotopic (exact) mass is 342 g/mol. The lowest BCUT2D eigenvalue weighted by Crippen LogP contribution is -2.34. The average Bonchev–Trinajstić information content (AvgIpc) is 2.93. The van der Waals surface area contributed by atoms with Crippen LogP contribution in [0.15, 0.2) is 23.2 Å². The Morgan fingerprint density at radius 3 is 2.91 bits per heavy atom. The number of aliphatic imine (C=N–C) groups is 1. The van der Waals surface area contributed by atoms with Crippen LogP contribution in [-0.2, 0) is 0 Å². The highest BCUT2D eigenvalue weighted by atomic mass is 35.5. The van der Waals surface area contributed by atoms with Crippen LogP contribution in [0.4, 0.5) is 0 Å². The van der Waals surface area contributed by atoms with Crippen LogP contribution < -0.4 is 11.1 Å². The highest BCUT2D eigenvalue weighted by molar-refractivity contribution is 6.35. The maximum absolute atomic E-state index is 6.21. The van der Waals surface area contributed by atoms with Gasteiger partial charge in [-0.15, -0.1) is 0 Å². The SMILES string of the molecule is CCN1CCC(CN=C(N)NC(C)c2ccc(Cl)cc2Cl)C1. The smallest absolute Gasteiger partial charge is 0.189 e. The summed E-state index contributed by atoms with van der Waals surface area (Å²) in [6.07, 6.45) is 1.20. The van der Waals surface area contributed by atoms with E-state index in [1.807, 2.05) is 19.1 Å². The van der Waals surface area contributed by atoms with Gasteiger partial charge >= 0.3 is 0 Å². The molecule has 0 aromatic heterocycles. The van der Waals surface area contributed by atoms with Crippen molar-refractivity contribution in [3.8, 4) is 0 Å². The van der Waals surface area contributed by atoms with Crippen LogP contribution in [0.5, 0.6) is 0 Å². The number of rotatable bonds is 5. The topological polar surface area (TPSA) is 53.6 Å². The molecule has 0 radical (unpaired) electrons. The molecule has 0 spiro atoms. The summed E-state index contributed by atoms with van der Waals surface area (Å²) in [7, 11) is 0. The van der Waals surface area contributed by atoms with Gasteiger partial charge in [-0.25, -0.2) is 0 Å². The Morgan fingerprint density at radius 1 is 1.50 bits per heavy atom. The van der Waals surface area contributed by atoms with E-state index in [1.54, 1.807) is 6.07 Å². The highest BCUT2D eigenvalue weighted by Crippen LogP contribution is 2.26. The van der Waals surface area contributed by atoms with Gasteiger partial charge in [-0.05, 0) is 50.0 Å². The van der Waals surface area contributed by atoms with E-state index in [1.165, 1.54) is 13.0 Å². The average molecular weight is 343 g/mol. The minimum absolute atomic E-state index is 0.00997. The summed E-state index contributed by atoms with van der Waals surface area (Å²) in [5.41, 5.74) is 6.95. The van der Waals surface area contributed by atoms with Crippen LogP contribution in [-0.4, -0.2) is 37.0 Å². The zero-order valence-electron chi connectivity index (χ0n) is 13.1. The minimum Gasteiger partial charge on any atom is -0.370 e. The molecule has 1 aromatic rings. The van der Waals surface area contributed by atoms with E-state index in [4.69, 9.17) is 28.9 Å². The molecule has 1 aromatic carbocycles. The number of hydrogen-bond donors (Lipinski definition) is 2. The second-order valence-electron chi connectivity index (χ2n) is 5.81. The van der Waals surface area contributed by atoms with Gasteiger partial charge < -0.3 is 16.0 Å². The van der Waals surface area contributed by atoms with Gasteiger partial charge in [0.05, 0.1) is 6.04 Å². The van der Waals surface area contributed by atoms with E-state index in [0.29, 0.717) is 21.9 Å². The number of likely N-dealkylation sites (tertiary alicyclic amines) is 1. The van der Waals surface area contributed by atoms with Crippen molar-refractivity contribution in [2.24, 2.45) is 16.6 Å². The van der Waals surface area contributed by atoms with Crippen molar-refractivity contribution in [3.63, 3.8) is 0 Å². The molecule has 0 amide bonds.